The Labute approximate surface area is 120 Å². The second-order valence-corrected chi connectivity index (χ2v) is 6.37. The maximum atomic E-state index is 12.3. The summed E-state index contributed by atoms with van der Waals surface area (Å²) in [6.45, 7) is 2.20. The molecular formula is C15H26N2O3. The molecule has 5 heteroatoms. The Bertz CT molecular complexity index is 372. The van der Waals surface area contributed by atoms with Gasteiger partial charge in [-0.2, -0.15) is 0 Å². The average Bonchev–Trinajstić information content (AvgIpc) is 2.86. The van der Waals surface area contributed by atoms with Gasteiger partial charge in [0.15, 0.2) is 0 Å². The van der Waals surface area contributed by atoms with Crippen LogP contribution < -0.4 is 5.32 Å². The van der Waals surface area contributed by atoms with Crippen molar-refractivity contribution in [3.05, 3.63) is 0 Å². The second kappa shape index (κ2) is 6.46. The maximum Gasteiger partial charge on any atom is 0.317 e. The normalized spacial score (nSPS) is 33.7. The van der Waals surface area contributed by atoms with Crippen molar-refractivity contribution in [2.24, 2.45) is 11.8 Å². The Hall–Kier alpha value is -1.26. The van der Waals surface area contributed by atoms with Crippen molar-refractivity contribution in [1.82, 2.24) is 10.2 Å². The molecule has 2 N–H and O–H groups in total. The molecule has 4 atom stereocenters. The van der Waals surface area contributed by atoms with Crippen LogP contribution in [0, 0.1) is 11.8 Å². The lowest BCUT2D eigenvalue weighted by molar-refractivity contribution is -0.142. The number of carbonyl (C=O) groups excluding carboxylic acids is 1. The lowest BCUT2D eigenvalue weighted by Gasteiger charge is -2.37. The molecule has 0 spiro atoms. The minimum Gasteiger partial charge on any atom is -0.481 e. The number of aliphatic carboxylic acids is 1. The van der Waals surface area contributed by atoms with E-state index in [9.17, 15) is 9.59 Å². The van der Waals surface area contributed by atoms with Gasteiger partial charge in [0.25, 0.3) is 0 Å². The Morgan fingerprint density at radius 2 is 1.80 bits per heavy atom. The van der Waals surface area contributed by atoms with Crippen LogP contribution in [0.4, 0.5) is 4.79 Å². The van der Waals surface area contributed by atoms with E-state index in [1.807, 2.05) is 7.05 Å². The van der Waals surface area contributed by atoms with Crippen LogP contribution in [0.1, 0.15) is 51.9 Å². The SMILES string of the molecule is CC1CCCCC1N(C)C(=O)NC1CCCC1C(=O)O. The molecule has 2 rings (SSSR count). The zero-order valence-corrected chi connectivity index (χ0v) is 12.5. The summed E-state index contributed by atoms with van der Waals surface area (Å²) in [5.74, 6) is -0.684. The van der Waals surface area contributed by atoms with Gasteiger partial charge in [-0.3, -0.25) is 4.79 Å². The van der Waals surface area contributed by atoms with E-state index in [0.717, 1.165) is 19.3 Å². The first kappa shape index (κ1) is 15.1. The number of amides is 2. The summed E-state index contributed by atoms with van der Waals surface area (Å²) in [6, 6.07) is -0.0309. The summed E-state index contributed by atoms with van der Waals surface area (Å²) in [7, 11) is 1.84. The Morgan fingerprint density at radius 3 is 2.45 bits per heavy atom. The summed E-state index contributed by atoms with van der Waals surface area (Å²) >= 11 is 0. The van der Waals surface area contributed by atoms with Crippen molar-refractivity contribution in [2.45, 2.75) is 64.0 Å². The van der Waals surface area contributed by atoms with Gasteiger partial charge in [-0.25, -0.2) is 4.79 Å². The van der Waals surface area contributed by atoms with Crippen molar-refractivity contribution in [2.75, 3.05) is 7.05 Å². The fourth-order valence-electron chi connectivity index (χ4n) is 3.71. The third kappa shape index (κ3) is 3.25. The molecular weight excluding hydrogens is 256 g/mol. The minimum atomic E-state index is -0.790. The van der Waals surface area contributed by atoms with Gasteiger partial charge in [-0.05, 0) is 31.6 Å². The third-order valence-electron chi connectivity index (χ3n) is 5.03. The van der Waals surface area contributed by atoms with Crippen molar-refractivity contribution < 1.29 is 14.7 Å². The van der Waals surface area contributed by atoms with E-state index in [1.165, 1.54) is 19.3 Å². The van der Waals surface area contributed by atoms with Crippen molar-refractivity contribution in [1.29, 1.82) is 0 Å². The highest BCUT2D eigenvalue weighted by Gasteiger charge is 2.35. The number of carboxylic acids is 1. The van der Waals surface area contributed by atoms with Crippen molar-refractivity contribution >= 4 is 12.0 Å². The molecule has 2 aliphatic rings. The fourth-order valence-corrected chi connectivity index (χ4v) is 3.71. The van der Waals surface area contributed by atoms with Gasteiger partial charge in [0.2, 0.25) is 0 Å². The van der Waals surface area contributed by atoms with E-state index < -0.39 is 11.9 Å². The molecule has 2 fully saturated rings. The quantitative estimate of drug-likeness (QED) is 0.835. The first-order valence-corrected chi connectivity index (χ1v) is 7.77. The molecule has 0 bridgehead atoms. The lowest BCUT2D eigenvalue weighted by atomic mass is 9.85. The summed E-state index contributed by atoms with van der Waals surface area (Å²) in [4.78, 5) is 25.3. The predicted molar refractivity (Wildman–Crippen MR) is 76.5 cm³/mol. The number of nitrogens with zero attached hydrogens (tertiary/aromatic N) is 1. The van der Waals surface area contributed by atoms with E-state index in [-0.39, 0.29) is 18.1 Å². The molecule has 0 aromatic carbocycles. The standard InChI is InChI=1S/C15H26N2O3/c1-10-6-3-4-9-13(10)17(2)15(20)16-12-8-5-7-11(12)14(18)19/h10-13H,3-9H2,1-2H3,(H,16,20)(H,18,19). The van der Waals surface area contributed by atoms with Gasteiger partial charge in [-0.15, -0.1) is 0 Å². The largest absolute Gasteiger partial charge is 0.481 e. The van der Waals surface area contributed by atoms with Crippen LogP contribution in [0.25, 0.3) is 0 Å². The Morgan fingerprint density at radius 1 is 1.10 bits per heavy atom. The minimum absolute atomic E-state index is 0.109. The smallest absolute Gasteiger partial charge is 0.317 e. The number of nitrogens with one attached hydrogen (secondary N) is 1. The molecule has 4 unspecified atom stereocenters. The van der Waals surface area contributed by atoms with Crippen LogP contribution in [0.5, 0.6) is 0 Å². The molecule has 0 radical (unpaired) electrons. The summed E-state index contributed by atoms with van der Waals surface area (Å²) in [5, 5.41) is 12.1. The van der Waals surface area contributed by atoms with E-state index >= 15 is 0 Å². The molecule has 2 saturated carbocycles. The van der Waals surface area contributed by atoms with Gasteiger partial charge >= 0.3 is 12.0 Å². The highest BCUT2D eigenvalue weighted by molar-refractivity contribution is 5.77. The predicted octanol–water partition coefficient (Wildman–Crippen LogP) is 2.46. The Balaban J connectivity index is 1.92. The molecule has 0 aromatic rings. The molecule has 20 heavy (non-hydrogen) atoms. The van der Waals surface area contributed by atoms with E-state index in [0.29, 0.717) is 12.3 Å². The Kier molecular flexibility index (Phi) is 4.89. The van der Waals surface area contributed by atoms with Gasteiger partial charge in [-0.1, -0.05) is 26.2 Å². The van der Waals surface area contributed by atoms with Gasteiger partial charge in [0.05, 0.1) is 5.92 Å². The zero-order valence-electron chi connectivity index (χ0n) is 12.5. The van der Waals surface area contributed by atoms with Crippen LogP contribution in [0.2, 0.25) is 0 Å². The fraction of sp³-hybridized carbons (Fsp3) is 0.867. The number of rotatable bonds is 3. The third-order valence-corrected chi connectivity index (χ3v) is 5.03. The summed E-state index contributed by atoms with van der Waals surface area (Å²) in [6.07, 6.45) is 6.97. The second-order valence-electron chi connectivity index (χ2n) is 6.37. The van der Waals surface area contributed by atoms with Crippen LogP contribution >= 0.6 is 0 Å². The number of carboxylic acid groups (broad SMARTS) is 1. The molecule has 2 aliphatic carbocycles. The van der Waals surface area contributed by atoms with Crippen molar-refractivity contribution in [3.63, 3.8) is 0 Å². The molecule has 0 aromatic heterocycles. The maximum absolute atomic E-state index is 12.3. The molecule has 0 saturated heterocycles. The van der Waals surface area contributed by atoms with Crippen LogP contribution in [-0.4, -0.2) is 41.1 Å². The molecule has 5 nitrogen and oxygen atoms in total. The lowest BCUT2D eigenvalue weighted by Crippen LogP contribution is -2.51. The number of hydrogen-bond acceptors (Lipinski definition) is 2. The van der Waals surface area contributed by atoms with Gasteiger partial charge in [0, 0.05) is 19.1 Å². The highest BCUT2D eigenvalue weighted by atomic mass is 16.4. The number of carbonyl (C=O) groups is 2. The zero-order chi connectivity index (χ0) is 14.7. The summed E-state index contributed by atoms with van der Waals surface area (Å²) < 4.78 is 0. The number of hydrogen-bond donors (Lipinski definition) is 2. The first-order valence-electron chi connectivity index (χ1n) is 7.77. The van der Waals surface area contributed by atoms with Gasteiger partial charge in [0.1, 0.15) is 0 Å². The van der Waals surface area contributed by atoms with Gasteiger partial charge < -0.3 is 15.3 Å². The van der Waals surface area contributed by atoms with E-state index in [2.05, 4.69) is 12.2 Å². The van der Waals surface area contributed by atoms with E-state index in [4.69, 9.17) is 5.11 Å². The van der Waals surface area contributed by atoms with Crippen LogP contribution in [-0.2, 0) is 4.79 Å². The van der Waals surface area contributed by atoms with Crippen LogP contribution in [0.3, 0.4) is 0 Å². The van der Waals surface area contributed by atoms with Crippen LogP contribution in [0.15, 0.2) is 0 Å². The molecule has 0 heterocycles. The first-order chi connectivity index (χ1) is 9.50. The highest BCUT2D eigenvalue weighted by Crippen LogP contribution is 2.29. The number of urea groups is 1. The topological polar surface area (TPSA) is 69.6 Å². The molecule has 0 aliphatic heterocycles. The molecule has 2 amide bonds. The molecule has 114 valence electrons. The average molecular weight is 282 g/mol. The van der Waals surface area contributed by atoms with Crippen molar-refractivity contribution in [3.8, 4) is 0 Å². The van der Waals surface area contributed by atoms with E-state index in [1.54, 1.807) is 4.90 Å². The summed E-state index contributed by atoms with van der Waals surface area (Å²) in [5.41, 5.74) is 0. The monoisotopic (exact) mass is 282 g/mol.